The summed E-state index contributed by atoms with van der Waals surface area (Å²) in [5.74, 6) is 0.534. The molecule has 6 heteroatoms. The molecule has 0 radical (unpaired) electrons. The molecule has 0 fully saturated rings. The Morgan fingerprint density at radius 1 is 1.21 bits per heavy atom. The molecule has 0 bridgehead atoms. The number of nitrogens with one attached hydrogen (secondary N) is 1. The summed E-state index contributed by atoms with van der Waals surface area (Å²) in [6.07, 6.45) is 4.32. The van der Waals surface area contributed by atoms with E-state index in [1.807, 2.05) is 0 Å². The van der Waals surface area contributed by atoms with E-state index in [0.29, 0.717) is 25.7 Å². The molecule has 1 unspecified atom stereocenters. The normalized spacial score (nSPS) is 12.4. The van der Waals surface area contributed by atoms with Gasteiger partial charge in [0.15, 0.2) is 0 Å². The van der Waals surface area contributed by atoms with Gasteiger partial charge in [-0.2, -0.15) is 0 Å². The maximum atomic E-state index is 5.58. The van der Waals surface area contributed by atoms with Gasteiger partial charge in [0.25, 0.3) is 0 Å². The molecule has 0 saturated carbocycles. The van der Waals surface area contributed by atoms with Gasteiger partial charge in [0.2, 0.25) is 5.88 Å². The van der Waals surface area contributed by atoms with E-state index in [1.165, 1.54) is 0 Å². The van der Waals surface area contributed by atoms with Gasteiger partial charge in [-0.15, -0.1) is 0 Å². The third kappa shape index (κ3) is 5.50. The van der Waals surface area contributed by atoms with Gasteiger partial charge < -0.3 is 19.5 Å². The van der Waals surface area contributed by atoms with Crippen LogP contribution in [0, 0.1) is 0 Å². The number of aromatic nitrogens is 2. The van der Waals surface area contributed by atoms with E-state index in [4.69, 9.17) is 14.2 Å². The van der Waals surface area contributed by atoms with Gasteiger partial charge in [0.1, 0.15) is 5.69 Å². The lowest BCUT2D eigenvalue weighted by molar-refractivity contribution is 0.0575. The van der Waals surface area contributed by atoms with E-state index in [9.17, 15) is 0 Å². The fraction of sp³-hybridized carbons (Fsp3) is 0.692. The molecule has 1 N–H and O–H groups in total. The molecular weight excluding hydrogens is 246 g/mol. The lowest BCUT2D eigenvalue weighted by Crippen LogP contribution is -2.28. The Morgan fingerprint density at radius 2 is 2.00 bits per heavy atom. The molecule has 1 aromatic heterocycles. The van der Waals surface area contributed by atoms with Gasteiger partial charge in [0, 0.05) is 19.5 Å². The van der Waals surface area contributed by atoms with Crippen molar-refractivity contribution >= 4 is 0 Å². The van der Waals surface area contributed by atoms with Crippen molar-refractivity contribution in [3.63, 3.8) is 0 Å². The van der Waals surface area contributed by atoms with Crippen molar-refractivity contribution in [2.75, 3.05) is 40.6 Å². The van der Waals surface area contributed by atoms with Crippen LogP contribution in [0.3, 0.4) is 0 Å². The summed E-state index contributed by atoms with van der Waals surface area (Å²) in [6.45, 7) is 4.65. The Hall–Kier alpha value is -1.24. The molecule has 0 aliphatic heterocycles. The SMILES string of the molecule is CCCNC(COCCOC)c1nccnc1OC. The van der Waals surface area contributed by atoms with Crippen molar-refractivity contribution in [2.24, 2.45) is 0 Å². The van der Waals surface area contributed by atoms with Crippen molar-refractivity contribution in [2.45, 2.75) is 19.4 Å². The maximum absolute atomic E-state index is 5.58. The van der Waals surface area contributed by atoms with Gasteiger partial charge in [0.05, 0.1) is 33.0 Å². The quantitative estimate of drug-likeness (QED) is 0.644. The van der Waals surface area contributed by atoms with Crippen LogP contribution >= 0.6 is 0 Å². The number of nitrogens with zero attached hydrogens (tertiary/aromatic N) is 2. The molecule has 1 heterocycles. The predicted octanol–water partition coefficient (Wildman–Crippen LogP) is 1.19. The van der Waals surface area contributed by atoms with Crippen LogP contribution in [-0.4, -0.2) is 50.6 Å². The number of ether oxygens (including phenoxy) is 3. The topological polar surface area (TPSA) is 65.5 Å². The highest BCUT2D eigenvalue weighted by Crippen LogP contribution is 2.19. The van der Waals surface area contributed by atoms with E-state index in [0.717, 1.165) is 18.7 Å². The zero-order valence-corrected chi connectivity index (χ0v) is 11.9. The van der Waals surface area contributed by atoms with Crippen molar-refractivity contribution < 1.29 is 14.2 Å². The first-order valence-electron chi connectivity index (χ1n) is 6.48. The van der Waals surface area contributed by atoms with Crippen LogP contribution in [0.4, 0.5) is 0 Å². The summed E-state index contributed by atoms with van der Waals surface area (Å²) in [5, 5.41) is 3.39. The van der Waals surface area contributed by atoms with Crippen LogP contribution in [0.5, 0.6) is 5.88 Å². The third-order valence-electron chi connectivity index (χ3n) is 2.57. The van der Waals surface area contributed by atoms with Gasteiger partial charge in [-0.25, -0.2) is 4.98 Å². The highest BCUT2D eigenvalue weighted by molar-refractivity contribution is 5.21. The van der Waals surface area contributed by atoms with Crippen molar-refractivity contribution in [1.29, 1.82) is 0 Å². The second kappa shape index (κ2) is 9.66. The standard InChI is InChI=1S/C13H23N3O3/c1-4-5-14-11(10-19-9-8-17-2)12-13(18-3)16-7-6-15-12/h6-7,11,14H,4-5,8-10H2,1-3H3. The molecule has 1 atom stereocenters. The summed E-state index contributed by atoms with van der Waals surface area (Å²) >= 11 is 0. The minimum absolute atomic E-state index is 0.0274. The molecule has 0 aliphatic carbocycles. The van der Waals surface area contributed by atoms with Crippen molar-refractivity contribution in [3.8, 4) is 5.88 Å². The molecular formula is C13H23N3O3. The van der Waals surface area contributed by atoms with Gasteiger partial charge in [-0.1, -0.05) is 6.92 Å². The van der Waals surface area contributed by atoms with Crippen molar-refractivity contribution in [1.82, 2.24) is 15.3 Å². The van der Waals surface area contributed by atoms with Crippen LogP contribution in [0.25, 0.3) is 0 Å². The molecule has 0 amide bonds. The molecule has 108 valence electrons. The number of methoxy groups -OCH3 is 2. The van der Waals surface area contributed by atoms with E-state index in [1.54, 1.807) is 26.6 Å². The first kappa shape index (κ1) is 15.8. The Balaban J connectivity index is 2.65. The number of hydrogen-bond acceptors (Lipinski definition) is 6. The average molecular weight is 269 g/mol. The zero-order valence-electron chi connectivity index (χ0n) is 11.9. The van der Waals surface area contributed by atoms with Crippen LogP contribution in [0.1, 0.15) is 25.1 Å². The second-order valence-corrected chi connectivity index (χ2v) is 4.03. The van der Waals surface area contributed by atoms with Crippen LogP contribution in [-0.2, 0) is 9.47 Å². The second-order valence-electron chi connectivity index (χ2n) is 4.03. The summed E-state index contributed by atoms with van der Waals surface area (Å²) in [5.41, 5.74) is 0.774. The average Bonchev–Trinajstić information content (AvgIpc) is 2.46. The molecule has 6 nitrogen and oxygen atoms in total. The van der Waals surface area contributed by atoms with Gasteiger partial charge in [-0.3, -0.25) is 4.98 Å². The minimum Gasteiger partial charge on any atom is -0.480 e. The smallest absolute Gasteiger partial charge is 0.237 e. The van der Waals surface area contributed by atoms with E-state index in [-0.39, 0.29) is 6.04 Å². The molecule has 19 heavy (non-hydrogen) atoms. The summed E-state index contributed by atoms with van der Waals surface area (Å²) in [4.78, 5) is 8.51. The summed E-state index contributed by atoms with van der Waals surface area (Å²) in [7, 11) is 3.25. The van der Waals surface area contributed by atoms with E-state index in [2.05, 4.69) is 22.2 Å². The first-order valence-corrected chi connectivity index (χ1v) is 6.48. The molecule has 0 aliphatic rings. The van der Waals surface area contributed by atoms with Crippen LogP contribution < -0.4 is 10.1 Å². The molecule has 0 spiro atoms. The fourth-order valence-corrected chi connectivity index (χ4v) is 1.63. The maximum Gasteiger partial charge on any atom is 0.237 e. The zero-order chi connectivity index (χ0) is 13.9. The number of rotatable bonds is 10. The molecule has 0 saturated heterocycles. The Bertz CT molecular complexity index is 350. The molecule has 1 rings (SSSR count). The molecule has 0 aromatic carbocycles. The lowest BCUT2D eigenvalue weighted by Gasteiger charge is -2.19. The largest absolute Gasteiger partial charge is 0.480 e. The molecule has 1 aromatic rings. The summed E-state index contributed by atoms with van der Waals surface area (Å²) in [6, 6.07) is -0.0274. The summed E-state index contributed by atoms with van der Waals surface area (Å²) < 4.78 is 15.8. The fourth-order valence-electron chi connectivity index (χ4n) is 1.63. The van der Waals surface area contributed by atoms with Crippen molar-refractivity contribution in [3.05, 3.63) is 18.1 Å². The predicted molar refractivity (Wildman–Crippen MR) is 72.3 cm³/mol. The Kier molecular flexibility index (Phi) is 8.04. The van der Waals surface area contributed by atoms with E-state index >= 15 is 0 Å². The lowest BCUT2D eigenvalue weighted by atomic mass is 10.2. The van der Waals surface area contributed by atoms with Gasteiger partial charge in [-0.05, 0) is 13.0 Å². The Labute approximate surface area is 114 Å². The van der Waals surface area contributed by atoms with E-state index < -0.39 is 0 Å². The number of hydrogen-bond donors (Lipinski definition) is 1. The minimum atomic E-state index is -0.0274. The first-order chi connectivity index (χ1) is 9.33. The highest BCUT2D eigenvalue weighted by atomic mass is 16.5. The van der Waals surface area contributed by atoms with Crippen LogP contribution in [0.15, 0.2) is 12.4 Å². The Morgan fingerprint density at radius 3 is 2.68 bits per heavy atom. The highest BCUT2D eigenvalue weighted by Gasteiger charge is 2.18. The van der Waals surface area contributed by atoms with Crippen LogP contribution in [0.2, 0.25) is 0 Å². The van der Waals surface area contributed by atoms with Gasteiger partial charge >= 0.3 is 0 Å². The monoisotopic (exact) mass is 269 g/mol. The third-order valence-corrected chi connectivity index (χ3v) is 2.57.